The van der Waals surface area contributed by atoms with Gasteiger partial charge in [0.25, 0.3) is 0 Å². The molecule has 0 spiro atoms. The van der Waals surface area contributed by atoms with Crippen LogP contribution in [0.1, 0.15) is 31.9 Å². The normalized spacial score (nSPS) is 11.8. The molecule has 0 aliphatic rings. The largest absolute Gasteiger partial charge is 0.396 e. The van der Waals surface area contributed by atoms with Gasteiger partial charge in [-0.05, 0) is 35.1 Å². The zero-order valence-corrected chi connectivity index (χ0v) is 8.97. The van der Waals surface area contributed by atoms with Crippen molar-refractivity contribution in [3.63, 3.8) is 0 Å². The van der Waals surface area contributed by atoms with Gasteiger partial charge < -0.3 is 5.11 Å². The van der Waals surface area contributed by atoms with Gasteiger partial charge in [-0.15, -0.1) is 0 Å². The first-order valence-electron chi connectivity index (χ1n) is 4.84. The zero-order chi connectivity index (χ0) is 10.8. The molecular weight excluding hydrogens is 179 g/mol. The number of rotatable bonds is 2. The lowest BCUT2D eigenvalue weighted by atomic mass is 9.86. The minimum absolute atomic E-state index is 0.0493. The molecule has 0 radical (unpaired) electrons. The standard InChI is InChI=1S/C12H17FO/c1-12(2,3)10-6-9(4-5-14)7-11(13)8-10/h6-8,14H,4-5H2,1-3H3. The van der Waals surface area contributed by atoms with Crippen molar-refractivity contribution in [2.45, 2.75) is 32.6 Å². The summed E-state index contributed by atoms with van der Waals surface area (Å²) >= 11 is 0. The molecule has 1 N–H and O–H groups in total. The molecule has 0 saturated carbocycles. The molecule has 78 valence electrons. The highest BCUT2D eigenvalue weighted by Crippen LogP contribution is 2.24. The summed E-state index contributed by atoms with van der Waals surface area (Å²) in [6.45, 7) is 6.20. The number of halogens is 1. The number of hydrogen-bond donors (Lipinski definition) is 1. The van der Waals surface area contributed by atoms with Gasteiger partial charge in [0.05, 0.1) is 0 Å². The average molecular weight is 196 g/mol. The van der Waals surface area contributed by atoms with Gasteiger partial charge in [-0.3, -0.25) is 0 Å². The quantitative estimate of drug-likeness (QED) is 0.771. The van der Waals surface area contributed by atoms with Gasteiger partial charge in [-0.25, -0.2) is 4.39 Å². The summed E-state index contributed by atoms with van der Waals surface area (Å²) in [5, 5.41) is 8.78. The number of hydrogen-bond acceptors (Lipinski definition) is 1. The van der Waals surface area contributed by atoms with Crippen LogP contribution >= 0.6 is 0 Å². The number of aliphatic hydroxyl groups excluding tert-OH is 1. The summed E-state index contributed by atoms with van der Waals surface area (Å²) in [5.74, 6) is -0.221. The lowest BCUT2D eigenvalue weighted by Crippen LogP contribution is -2.12. The van der Waals surface area contributed by atoms with Crippen LogP contribution < -0.4 is 0 Å². The Morgan fingerprint density at radius 2 is 1.86 bits per heavy atom. The second-order valence-corrected chi connectivity index (χ2v) is 4.57. The van der Waals surface area contributed by atoms with Crippen molar-refractivity contribution in [3.8, 4) is 0 Å². The second kappa shape index (κ2) is 4.09. The van der Waals surface area contributed by atoms with Gasteiger partial charge in [-0.1, -0.05) is 26.8 Å². The molecule has 0 aliphatic heterocycles. The Labute approximate surface area is 84.6 Å². The topological polar surface area (TPSA) is 20.2 Å². The predicted octanol–water partition coefficient (Wildman–Crippen LogP) is 2.66. The summed E-state index contributed by atoms with van der Waals surface area (Å²) in [6, 6.07) is 4.99. The first-order chi connectivity index (χ1) is 6.43. The van der Waals surface area contributed by atoms with E-state index in [2.05, 4.69) is 0 Å². The lowest BCUT2D eigenvalue weighted by molar-refractivity contribution is 0.299. The highest BCUT2D eigenvalue weighted by atomic mass is 19.1. The minimum Gasteiger partial charge on any atom is -0.396 e. The van der Waals surface area contributed by atoms with Gasteiger partial charge in [0, 0.05) is 6.61 Å². The van der Waals surface area contributed by atoms with Crippen LogP contribution in [-0.2, 0) is 11.8 Å². The summed E-state index contributed by atoms with van der Waals surface area (Å²) in [6.07, 6.45) is 0.515. The number of aliphatic hydroxyl groups is 1. The fourth-order valence-corrected chi connectivity index (χ4v) is 1.36. The van der Waals surface area contributed by atoms with Crippen LogP contribution in [0.2, 0.25) is 0 Å². The molecule has 0 bridgehead atoms. The molecular formula is C12H17FO. The van der Waals surface area contributed by atoms with E-state index in [1.165, 1.54) is 6.07 Å². The minimum atomic E-state index is -0.221. The Balaban J connectivity index is 3.07. The van der Waals surface area contributed by atoms with Crippen molar-refractivity contribution >= 4 is 0 Å². The molecule has 0 heterocycles. The molecule has 0 unspecified atom stereocenters. The van der Waals surface area contributed by atoms with Crippen molar-refractivity contribution in [1.29, 1.82) is 0 Å². The molecule has 1 aromatic rings. The summed E-state index contributed by atoms with van der Waals surface area (Å²) in [4.78, 5) is 0. The molecule has 2 heteroatoms. The molecule has 0 fully saturated rings. The molecule has 0 aromatic heterocycles. The van der Waals surface area contributed by atoms with E-state index in [9.17, 15) is 4.39 Å². The molecule has 1 rings (SSSR count). The SMILES string of the molecule is CC(C)(C)c1cc(F)cc(CCO)c1. The molecule has 0 amide bonds. The van der Waals surface area contributed by atoms with E-state index in [0.717, 1.165) is 11.1 Å². The molecule has 1 aromatic carbocycles. The Morgan fingerprint density at radius 1 is 1.21 bits per heavy atom. The summed E-state index contributed by atoms with van der Waals surface area (Å²) < 4.78 is 13.2. The molecule has 14 heavy (non-hydrogen) atoms. The van der Waals surface area contributed by atoms with Crippen LogP contribution in [-0.4, -0.2) is 11.7 Å². The van der Waals surface area contributed by atoms with Crippen molar-refractivity contribution < 1.29 is 9.50 Å². The molecule has 0 aliphatic carbocycles. The van der Waals surface area contributed by atoms with E-state index < -0.39 is 0 Å². The fourth-order valence-electron chi connectivity index (χ4n) is 1.36. The third-order valence-corrected chi connectivity index (χ3v) is 2.22. The van der Waals surface area contributed by atoms with E-state index in [1.807, 2.05) is 26.8 Å². The Hall–Kier alpha value is -0.890. The second-order valence-electron chi connectivity index (χ2n) is 4.57. The van der Waals surface area contributed by atoms with E-state index in [0.29, 0.717) is 6.42 Å². The first kappa shape index (κ1) is 11.2. The maximum atomic E-state index is 13.2. The molecule has 1 nitrogen and oxygen atoms in total. The summed E-state index contributed by atoms with van der Waals surface area (Å²) in [7, 11) is 0. The lowest BCUT2D eigenvalue weighted by Gasteiger charge is -2.20. The van der Waals surface area contributed by atoms with E-state index in [-0.39, 0.29) is 17.8 Å². The fraction of sp³-hybridized carbons (Fsp3) is 0.500. The highest BCUT2D eigenvalue weighted by molar-refractivity contribution is 5.29. The van der Waals surface area contributed by atoms with Crippen molar-refractivity contribution in [3.05, 3.63) is 35.1 Å². The zero-order valence-electron chi connectivity index (χ0n) is 8.97. The maximum Gasteiger partial charge on any atom is 0.123 e. The predicted molar refractivity (Wildman–Crippen MR) is 55.9 cm³/mol. The van der Waals surface area contributed by atoms with Crippen molar-refractivity contribution in [2.75, 3.05) is 6.61 Å². The van der Waals surface area contributed by atoms with Crippen LogP contribution in [0.15, 0.2) is 18.2 Å². The molecule has 0 atom stereocenters. The van der Waals surface area contributed by atoms with Gasteiger partial charge in [0.1, 0.15) is 5.82 Å². The molecule has 0 saturated heterocycles. The van der Waals surface area contributed by atoms with Gasteiger partial charge in [-0.2, -0.15) is 0 Å². The average Bonchev–Trinajstić information content (AvgIpc) is 2.02. The van der Waals surface area contributed by atoms with Crippen LogP contribution in [0.25, 0.3) is 0 Å². The summed E-state index contributed by atoms with van der Waals surface area (Å²) in [5.41, 5.74) is 1.78. The van der Waals surface area contributed by atoms with Gasteiger partial charge >= 0.3 is 0 Å². The van der Waals surface area contributed by atoms with Crippen LogP contribution in [0.4, 0.5) is 4.39 Å². The maximum absolute atomic E-state index is 13.2. The Morgan fingerprint density at radius 3 is 2.36 bits per heavy atom. The van der Waals surface area contributed by atoms with Gasteiger partial charge in [0.15, 0.2) is 0 Å². The van der Waals surface area contributed by atoms with Crippen LogP contribution in [0.3, 0.4) is 0 Å². The Kier molecular flexibility index (Phi) is 3.27. The third-order valence-electron chi connectivity index (χ3n) is 2.22. The Bertz CT molecular complexity index is 313. The van der Waals surface area contributed by atoms with E-state index >= 15 is 0 Å². The smallest absolute Gasteiger partial charge is 0.123 e. The van der Waals surface area contributed by atoms with E-state index in [1.54, 1.807) is 6.07 Å². The van der Waals surface area contributed by atoms with Crippen LogP contribution in [0.5, 0.6) is 0 Å². The first-order valence-corrected chi connectivity index (χ1v) is 4.84. The monoisotopic (exact) mass is 196 g/mol. The van der Waals surface area contributed by atoms with Crippen LogP contribution in [0, 0.1) is 5.82 Å². The van der Waals surface area contributed by atoms with Gasteiger partial charge in [0.2, 0.25) is 0 Å². The van der Waals surface area contributed by atoms with Crippen molar-refractivity contribution in [2.24, 2.45) is 0 Å². The third kappa shape index (κ3) is 2.81. The number of benzene rings is 1. The van der Waals surface area contributed by atoms with E-state index in [4.69, 9.17) is 5.11 Å². The van der Waals surface area contributed by atoms with Crippen molar-refractivity contribution in [1.82, 2.24) is 0 Å². The highest BCUT2D eigenvalue weighted by Gasteiger charge is 2.15.